The molecule has 9 heteroatoms. The Hall–Kier alpha value is -1.38. The molecule has 0 fully saturated rings. The first-order valence-corrected chi connectivity index (χ1v) is 6.16. The molecular formula is C9H13F3N4OS. The molecule has 0 bridgehead atoms. The van der Waals surface area contributed by atoms with Crippen LogP contribution in [0.25, 0.3) is 0 Å². The predicted molar refractivity (Wildman–Crippen MR) is 61.7 cm³/mol. The van der Waals surface area contributed by atoms with Crippen molar-refractivity contribution in [3.63, 3.8) is 0 Å². The molecule has 0 radical (unpaired) electrons. The van der Waals surface area contributed by atoms with Crippen molar-refractivity contribution in [1.29, 1.82) is 0 Å². The third-order valence-corrected chi connectivity index (χ3v) is 2.72. The molecule has 102 valence electrons. The van der Waals surface area contributed by atoms with Gasteiger partial charge in [0.2, 0.25) is 10.1 Å². The van der Waals surface area contributed by atoms with Gasteiger partial charge < -0.3 is 10.6 Å². The lowest BCUT2D eigenvalue weighted by molar-refractivity contribution is -0.132. The Balaban J connectivity index is 2.39. The number of carbonyl (C=O) groups excluding carboxylic acids is 1. The van der Waals surface area contributed by atoms with Gasteiger partial charge in [0.1, 0.15) is 0 Å². The number of nitrogens with zero attached hydrogens (tertiary/aromatic N) is 2. The van der Waals surface area contributed by atoms with Crippen LogP contribution in [0.3, 0.4) is 0 Å². The van der Waals surface area contributed by atoms with Crippen molar-refractivity contribution < 1.29 is 18.0 Å². The summed E-state index contributed by atoms with van der Waals surface area (Å²) in [5.74, 6) is -0.638. The molecule has 1 heterocycles. The van der Waals surface area contributed by atoms with Gasteiger partial charge in [0, 0.05) is 13.1 Å². The van der Waals surface area contributed by atoms with Crippen molar-refractivity contribution in [2.24, 2.45) is 0 Å². The molecule has 0 saturated heterocycles. The molecule has 5 nitrogen and oxygen atoms in total. The predicted octanol–water partition coefficient (Wildman–Crippen LogP) is 2.04. The van der Waals surface area contributed by atoms with E-state index in [0.717, 1.165) is 17.8 Å². The molecule has 2 N–H and O–H groups in total. The van der Waals surface area contributed by atoms with E-state index < -0.39 is 25.0 Å². The van der Waals surface area contributed by atoms with E-state index >= 15 is 0 Å². The number of amides is 1. The highest BCUT2D eigenvalue weighted by Crippen LogP contribution is 2.19. The number of rotatable bonds is 6. The van der Waals surface area contributed by atoms with E-state index in [-0.39, 0.29) is 5.01 Å². The van der Waals surface area contributed by atoms with Gasteiger partial charge in [-0.15, -0.1) is 10.2 Å². The average Bonchev–Trinajstić information content (AvgIpc) is 2.73. The minimum absolute atomic E-state index is 0.0516. The Labute approximate surface area is 106 Å². The monoisotopic (exact) mass is 282 g/mol. The Morgan fingerprint density at radius 3 is 2.67 bits per heavy atom. The van der Waals surface area contributed by atoms with E-state index in [1.54, 1.807) is 0 Å². The molecule has 0 spiro atoms. The van der Waals surface area contributed by atoms with Crippen LogP contribution in [-0.2, 0) is 0 Å². The standard InChI is InChI=1S/C9H13F3N4OS/c1-2-4-14-8-16-15-7(18-8)6(17)13-5-3-9(10,11)12/h2-5H2,1H3,(H,13,17)(H,14,16). The van der Waals surface area contributed by atoms with Gasteiger partial charge in [-0.05, 0) is 6.42 Å². The smallest absolute Gasteiger partial charge is 0.360 e. The Morgan fingerprint density at radius 2 is 2.06 bits per heavy atom. The van der Waals surface area contributed by atoms with Crippen molar-refractivity contribution in [1.82, 2.24) is 15.5 Å². The molecule has 1 rings (SSSR count). The number of alkyl halides is 3. The van der Waals surface area contributed by atoms with Gasteiger partial charge in [-0.3, -0.25) is 4.79 Å². The number of hydrogen-bond acceptors (Lipinski definition) is 5. The molecule has 0 unspecified atom stereocenters. The van der Waals surface area contributed by atoms with Crippen molar-refractivity contribution in [3.05, 3.63) is 5.01 Å². The summed E-state index contributed by atoms with van der Waals surface area (Å²) in [7, 11) is 0. The number of anilines is 1. The van der Waals surface area contributed by atoms with Crippen LogP contribution in [-0.4, -0.2) is 35.4 Å². The quantitative estimate of drug-likeness (QED) is 0.838. The lowest BCUT2D eigenvalue weighted by Crippen LogP contribution is -2.27. The fourth-order valence-electron chi connectivity index (χ4n) is 1.01. The number of nitrogens with one attached hydrogen (secondary N) is 2. The Morgan fingerprint density at radius 1 is 1.33 bits per heavy atom. The normalized spacial score (nSPS) is 11.3. The highest BCUT2D eigenvalue weighted by atomic mass is 32.1. The van der Waals surface area contributed by atoms with E-state index in [1.165, 1.54) is 0 Å². The molecule has 0 saturated carbocycles. The summed E-state index contributed by atoms with van der Waals surface area (Å²) in [5, 5.41) is 12.9. The highest BCUT2D eigenvalue weighted by molar-refractivity contribution is 7.17. The number of hydrogen-bond donors (Lipinski definition) is 2. The van der Waals surface area contributed by atoms with Gasteiger partial charge in [0.25, 0.3) is 5.91 Å². The Bertz CT molecular complexity index is 393. The van der Waals surface area contributed by atoms with Crippen LogP contribution in [0.5, 0.6) is 0 Å². The minimum Gasteiger partial charge on any atom is -0.360 e. The first-order chi connectivity index (χ1) is 8.42. The van der Waals surface area contributed by atoms with Gasteiger partial charge >= 0.3 is 6.18 Å². The zero-order valence-corrected chi connectivity index (χ0v) is 10.5. The average molecular weight is 282 g/mol. The first kappa shape index (κ1) is 14.7. The molecule has 18 heavy (non-hydrogen) atoms. The summed E-state index contributed by atoms with van der Waals surface area (Å²) < 4.78 is 35.6. The number of aromatic nitrogens is 2. The van der Waals surface area contributed by atoms with Crippen LogP contribution in [0.1, 0.15) is 29.6 Å². The zero-order valence-electron chi connectivity index (χ0n) is 9.67. The molecule has 0 aliphatic heterocycles. The highest BCUT2D eigenvalue weighted by Gasteiger charge is 2.26. The van der Waals surface area contributed by atoms with Gasteiger partial charge in [-0.1, -0.05) is 18.3 Å². The van der Waals surface area contributed by atoms with E-state index in [9.17, 15) is 18.0 Å². The van der Waals surface area contributed by atoms with Gasteiger partial charge in [0.15, 0.2) is 0 Å². The largest absolute Gasteiger partial charge is 0.390 e. The fraction of sp³-hybridized carbons (Fsp3) is 0.667. The third kappa shape index (κ3) is 5.30. The van der Waals surface area contributed by atoms with Crippen LogP contribution >= 0.6 is 11.3 Å². The topological polar surface area (TPSA) is 66.9 Å². The maximum absolute atomic E-state index is 11.9. The second-order valence-electron chi connectivity index (χ2n) is 3.46. The molecular weight excluding hydrogens is 269 g/mol. The van der Waals surface area contributed by atoms with Crippen LogP contribution < -0.4 is 10.6 Å². The third-order valence-electron chi connectivity index (χ3n) is 1.84. The summed E-state index contributed by atoms with van der Waals surface area (Å²) in [6, 6.07) is 0. The molecule has 0 atom stereocenters. The number of halogens is 3. The second kappa shape index (κ2) is 6.53. The van der Waals surface area contributed by atoms with Crippen molar-refractivity contribution in [2.45, 2.75) is 25.9 Å². The van der Waals surface area contributed by atoms with Crippen LogP contribution in [0.4, 0.5) is 18.3 Å². The molecule has 1 amide bonds. The molecule has 0 aliphatic carbocycles. The molecule has 1 aromatic rings. The minimum atomic E-state index is -4.28. The molecule has 0 aromatic carbocycles. The first-order valence-electron chi connectivity index (χ1n) is 5.34. The lowest BCUT2D eigenvalue weighted by Gasteiger charge is -2.05. The van der Waals surface area contributed by atoms with Crippen LogP contribution in [0, 0.1) is 0 Å². The summed E-state index contributed by atoms with van der Waals surface area (Å²) in [6.07, 6.45) is -4.44. The van der Waals surface area contributed by atoms with Crippen molar-refractivity contribution in [2.75, 3.05) is 18.4 Å². The van der Waals surface area contributed by atoms with Crippen LogP contribution in [0.2, 0.25) is 0 Å². The zero-order chi connectivity index (χ0) is 13.6. The number of carbonyl (C=O) groups is 1. The van der Waals surface area contributed by atoms with Crippen molar-refractivity contribution >= 4 is 22.4 Å². The maximum Gasteiger partial charge on any atom is 0.390 e. The summed E-state index contributed by atoms with van der Waals surface area (Å²) in [4.78, 5) is 11.4. The second-order valence-corrected chi connectivity index (χ2v) is 4.44. The maximum atomic E-state index is 11.9. The van der Waals surface area contributed by atoms with Gasteiger partial charge in [-0.2, -0.15) is 13.2 Å². The summed E-state index contributed by atoms with van der Waals surface area (Å²) in [5.41, 5.74) is 0. The molecule has 1 aromatic heterocycles. The molecule has 0 aliphatic rings. The van der Waals surface area contributed by atoms with Gasteiger partial charge in [-0.25, -0.2) is 0 Å². The Kier molecular flexibility index (Phi) is 5.32. The van der Waals surface area contributed by atoms with Crippen molar-refractivity contribution in [3.8, 4) is 0 Å². The lowest BCUT2D eigenvalue weighted by atomic mass is 10.4. The van der Waals surface area contributed by atoms with Gasteiger partial charge in [0.05, 0.1) is 6.42 Å². The van der Waals surface area contributed by atoms with E-state index in [1.807, 2.05) is 6.92 Å². The SMILES string of the molecule is CCCNc1nnc(C(=O)NCCC(F)(F)F)s1. The van der Waals surface area contributed by atoms with Crippen LogP contribution in [0.15, 0.2) is 0 Å². The fourth-order valence-corrected chi connectivity index (χ4v) is 1.70. The van der Waals surface area contributed by atoms with E-state index in [0.29, 0.717) is 11.7 Å². The summed E-state index contributed by atoms with van der Waals surface area (Å²) >= 11 is 1.01. The van der Waals surface area contributed by atoms with E-state index in [4.69, 9.17) is 0 Å². The van der Waals surface area contributed by atoms with E-state index in [2.05, 4.69) is 20.8 Å². The summed E-state index contributed by atoms with van der Waals surface area (Å²) in [6.45, 7) is 2.21.